The lowest BCUT2D eigenvalue weighted by Crippen LogP contribution is -2.52. The Bertz CT molecular complexity index is 1160. The number of aliphatic hydroxyl groups is 1. The first kappa shape index (κ1) is 31.1. The van der Waals surface area contributed by atoms with E-state index in [1.54, 1.807) is 32.9 Å². The molecule has 0 radical (unpaired) electrons. The van der Waals surface area contributed by atoms with Crippen LogP contribution in [0.15, 0.2) is 59.5 Å². The van der Waals surface area contributed by atoms with Crippen molar-refractivity contribution in [1.82, 2.24) is 9.62 Å². The van der Waals surface area contributed by atoms with E-state index < -0.39 is 33.9 Å². The number of benzene rings is 2. The number of sulfonamides is 1. The highest BCUT2D eigenvalue weighted by atomic mass is 32.2. The number of hydrogen-bond acceptors (Lipinski definition) is 7. The second-order valence-corrected chi connectivity index (χ2v) is 12.2. The second kappa shape index (κ2) is 14.1. The van der Waals surface area contributed by atoms with Crippen LogP contribution < -0.4 is 10.1 Å². The first-order valence-corrected chi connectivity index (χ1v) is 14.0. The highest BCUT2D eigenvalue weighted by Gasteiger charge is 2.32. The summed E-state index contributed by atoms with van der Waals surface area (Å²) in [4.78, 5) is 12.7. The maximum atomic E-state index is 13.7. The van der Waals surface area contributed by atoms with Crippen molar-refractivity contribution in [2.45, 2.75) is 69.6 Å². The van der Waals surface area contributed by atoms with Gasteiger partial charge in [-0.15, -0.1) is 0 Å². The lowest BCUT2D eigenvalue weighted by atomic mass is 10.0. The van der Waals surface area contributed by atoms with Crippen molar-refractivity contribution >= 4 is 16.1 Å². The third-order valence-electron chi connectivity index (χ3n) is 5.82. The molecule has 0 saturated heterocycles. The third-order valence-corrected chi connectivity index (χ3v) is 7.66. The van der Waals surface area contributed by atoms with Gasteiger partial charge in [0.2, 0.25) is 10.0 Å². The summed E-state index contributed by atoms with van der Waals surface area (Å²) < 4.78 is 39.1. The number of alkyl carbamates (subject to hydrolysis) is 1. The van der Waals surface area contributed by atoms with E-state index in [0.29, 0.717) is 12.2 Å². The van der Waals surface area contributed by atoms with Crippen LogP contribution in [0, 0.1) is 17.2 Å². The van der Waals surface area contributed by atoms with Crippen LogP contribution in [-0.2, 0) is 21.2 Å². The minimum Gasteiger partial charge on any atom is -0.497 e. The second-order valence-electron chi connectivity index (χ2n) is 10.3. The fraction of sp³-hybridized carbons (Fsp3) is 0.500. The predicted molar refractivity (Wildman–Crippen MR) is 145 cm³/mol. The average Bonchev–Trinajstić information content (AvgIpc) is 2.86. The highest BCUT2D eigenvalue weighted by molar-refractivity contribution is 7.89. The molecule has 2 N–H and O–H groups in total. The summed E-state index contributed by atoms with van der Waals surface area (Å²) in [6, 6.07) is 16.6. The van der Waals surface area contributed by atoms with Crippen LogP contribution >= 0.6 is 0 Å². The molecule has 3 unspecified atom stereocenters. The molecule has 0 saturated carbocycles. The molecule has 208 valence electrons. The van der Waals surface area contributed by atoms with Crippen LogP contribution in [0.25, 0.3) is 0 Å². The number of nitrogens with one attached hydrogen (secondary N) is 1. The van der Waals surface area contributed by atoms with Gasteiger partial charge >= 0.3 is 6.09 Å². The number of amides is 1. The molecule has 0 heterocycles. The maximum Gasteiger partial charge on any atom is 0.407 e. The normalized spacial score (nSPS) is 14.3. The molecule has 1 amide bonds. The Balaban J connectivity index is 2.36. The van der Waals surface area contributed by atoms with Gasteiger partial charge in [-0.2, -0.15) is 9.57 Å². The van der Waals surface area contributed by atoms with Crippen molar-refractivity contribution < 1.29 is 27.8 Å². The number of methoxy groups -OCH3 is 1. The summed E-state index contributed by atoms with van der Waals surface area (Å²) in [5.74, 6) is 0.378. The molecule has 38 heavy (non-hydrogen) atoms. The molecule has 2 rings (SSSR count). The number of rotatable bonds is 13. The fourth-order valence-electron chi connectivity index (χ4n) is 3.86. The van der Waals surface area contributed by atoms with E-state index in [-0.39, 0.29) is 36.7 Å². The van der Waals surface area contributed by atoms with Crippen LogP contribution in [-0.4, -0.2) is 61.9 Å². The number of hydrogen-bond donors (Lipinski definition) is 2. The standard InChI is InChI=1S/C28H39N3O6S/c1-21(10-9-17-29)19-31(38(34,35)24-15-13-23(36-5)14-16-24)20-26(32)25(18-22-11-7-6-8-12-22)30-27(33)37-28(2,3)4/h6-8,11-16,21,25-26,32H,9-10,18-20H2,1-5H3,(H,30,33). The van der Waals surface area contributed by atoms with E-state index in [0.717, 1.165) is 5.56 Å². The molecule has 3 atom stereocenters. The Morgan fingerprint density at radius 1 is 1.11 bits per heavy atom. The largest absolute Gasteiger partial charge is 0.497 e. The summed E-state index contributed by atoms with van der Waals surface area (Å²) in [7, 11) is -2.52. The Morgan fingerprint density at radius 2 is 1.74 bits per heavy atom. The zero-order valence-corrected chi connectivity index (χ0v) is 23.6. The van der Waals surface area contributed by atoms with Crippen LogP contribution in [0.5, 0.6) is 5.75 Å². The van der Waals surface area contributed by atoms with Crippen LogP contribution in [0.4, 0.5) is 4.79 Å². The van der Waals surface area contributed by atoms with Gasteiger partial charge in [-0.25, -0.2) is 13.2 Å². The minimum absolute atomic E-state index is 0.0534. The average molecular weight is 546 g/mol. The van der Waals surface area contributed by atoms with Crippen molar-refractivity contribution in [2.75, 3.05) is 20.2 Å². The molecule has 0 aliphatic heterocycles. The zero-order valence-electron chi connectivity index (χ0n) is 22.8. The number of carbonyl (C=O) groups excluding carboxylic acids is 1. The lowest BCUT2D eigenvalue weighted by Gasteiger charge is -2.31. The summed E-state index contributed by atoms with van der Waals surface area (Å²) >= 11 is 0. The molecule has 10 heteroatoms. The summed E-state index contributed by atoms with van der Waals surface area (Å²) in [6.45, 7) is 6.90. The van der Waals surface area contributed by atoms with Crippen molar-refractivity contribution in [3.05, 3.63) is 60.2 Å². The first-order valence-electron chi connectivity index (χ1n) is 12.6. The van der Waals surface area contributed by atoms with E-state index in [9.17, 15) is 18.3 Å². The van der Waals surface area contributed by atoms with E-state index in [1.165, 1.54) is 23.5 Å². The van der Waals surface area contributed by atoms with E-state index in [2.05, 4.69) is 11.4 Å². The third kappa shape index (κ3) is 9.97. The SMILES string of the molecule is COc1ccc(S(=O)(=O)N(CC(C)CCC#N)CC(O)C(Cc2ccccc2)NC(=O)OC(C)(C)C)cc1. The minimum atomic E-state index is -4.01. The first-order chi connectivity index (χ1) is 17.9. The van der Waals surface area contributed by atoms with Gasteiger partial charge in [0.05, 0.1) is 30.2 Å². The van der Waals surface area contributed by atoms with Crippen LogP contribution in [0.1, 0.15) is 46.1 Å². The molecule has 9 nitrogen and oxygen atoms in total. The molecular weight excluding hydrogens is 506 g/mol. The van der Waals surface area contributed by atoms with Gasteiger partial charge in [0.25, 0.3) is 0 Å². The monoisotopic (exact) mass is 545 g/mol. The van der Waals surface area contributed by atoms with Crippen LogP contribution in [0.3, 0.4) is 0 Å². The Labute approximate surface area is 226 Å². The fourth-order valence-corrected chi connectivity index (χ4v) is 5.44. The zero-order chi connectivity index (χ0) is 28.3. The molecule has 0 fully saturated rings. The Morgan fingerprint density at radius 3 is 2.29 bits per heavy atom. The van der Waals surface area contributed by atoms with Crippen molar-refractivity contribution in [1.29, 1.82) is 5.26 Å². The molecular formula is C28H39N3O6S. The topological polar surface area (TPSA) is 129 Å². The predicted octanol–water partition coefficient (Wildman–Crippen LogP) is 4.12. The maximum absolute atomic E-state index is 13.7. The lowest BCUT2D eigenvalue weighted by molar-refractivity contribution is 0.0399. The molecule has 0 aliphatic rings. The molecule has 0 aromatic heterocycles. The number of nitriles is 1. The molecule has 2 aromatic rings. The quantitative estimate of drug-likeness (QED) is 0.387. The summed E-state index contributed by atoms with van der Waals surface area (Å²) in [5, 5.41) is 23.0. The smallest absolute Gasteiger partial charge is 0.407 e. The van der Waals surface area contributed by atoms with E-state index >= 15 is 0 Å². The van der Waals surface area contributed by atoms with E-state index in [4.69, 9.17) is 14.7 Å². The number of carbonyl (C=O) groups is 1. The van der Waals surface area contributed by atoms with Gasteiger partial charge in [-0.3, -0.25) is 0 Å². The van der Waals surface area contributed by atoms with Crippen LogP contribution in [0.2, 0.25) is 0 Å². The van der Waals surface area contributed by atoms with Gasteiger partial charge in [0.1, 0.15) is 11.4 Å². The van der Waals surface area contributed by atoms with Gasteiger partial charge in [0.15, 0.2) is 0 Å². The van der Waals surface area contributed by atoms with Crippen molar-refractivity contribution in [2.24, 2.45) is 5.92 Å². The molecule has 0 aliphatic carbocycles. The Hall–Kier alpha value is -3.13. The molecule has 0 bridgehead atoms. The Kier molecular flexibility index (Phi) is 11.6. The van der Waals surface area contributed by atoms with Gasteiger partial charge < -0.3 is 19.9 Å². The summed E-state index contributed by atoms with van der Waals surface area (Å²) in [6.07, 6.45) is -0.896. The van der Waals surface area contributed by atoms with Crippen molar-refractivity contribution in [3.63, 3.8) is 0 Å². The van der Waals surface area contributed by atoms with Gasteiger partial charge in [-0.1, -0.05) is 37.3 Å². The molecule has 2 aromatic carbocycles. The number of ether oxygens (including phenoxy) is 2. The molecule has 0 spiro atoms. The number of aliphatic hydroxyl groups excluding tert-OH is 1. The van der Waals surface area contributed by atoms with Gasteiger partial charge in [-0.05, 0) is 69.4 Å². The van der Waals surface area contributed by atoms with Crippen molar-refractivity contribution in [3.8, 4) is 11.8 Å². The number of nitrogens with zero attached hydrogens (tertiary/aromatic N) is 2. The van der Waals surface area contributed by atoms with E-state index in [1.807, 2.05) is 37.3 Å². The highest BCUT2D eigenvalue weighted by Crippen LogP contribution is 2.23. The summed E-state index contributed by atoms with van der Waals surface area (Å²) in [5.41, 5.74) is 0.117. The van der Waals surface area contributed by atoms with Gasteiger partial charge in [0, 0.05) is 19.5 Å².